The molecular formula is C9H13N3O. The predicted molar refractivity (Wildman–Crippen MR) is 50.0 cm³/mol. The summed E-state index contributed by atoms with van der Waals surface area (Å²) >= 11 is 0. The van der Waals surface area contributed by atoms with Crippen molar-refractivity contribution in [2.45, 2.75) is 19.9 Å². The van der Waals surface area contributed by atoms with Gasteiger partial charge in [-0.05, 0) is 23.6 Å². The van der Waals surface area contributed by atoms with Crippen LogP contribution in [-0.2, 0) is 13.0 Å². The first-order chi connectivity index (χ1) is 6.24. The van der Waals surface area contributed by atoms with Crippen molar-refractivity contribution in [3.05, 3.63) is 29.6 Å². The highest BCUT2D eigenvalue weighted by Crippen LogP contribution is 2.06. The van der Waals surface area contributed by atoms with Crippen LogP contribution in [0.5, 0.6) is 0 Å². The summed E-state index contributed by atoms with van der Waals surface area (Å²) in [6.07, 6.45) is 4.42. The second kappa shape index (κ2) is 4.45. The third kappa shape index (κ3) is 2.74. The topological polar surface area (TPSA) is 68.0 Å². The molecule has 0 aromatic carbocycles. The minimum absolute atomic E-state index is 0.473. The molecule has 0 aliphatic carbocycles. The fraction of sp³-hybridized carbons (Fsp3) is 0.333. The molecule has 0 aliphatic rings. The molecule has 1 aromatic heterocycles. The molecule has 0 aliphatic heterocycles. The van der Waals surface area contributed by atoms with Crippen molar-refractivity contribution in [1.29, 1.82) is 0 Å². The number of nitrogens with one attached hydrogen (secondary N) is 1. The SMILES string of the molecule is CCc1cnccc1CNC(N)=O. The van der Waals surface area contributed by atoms with Crippen molar-refractivity contribution in [2.75, 3.05) is 0 Å². The zero-order chi connectivity index (χ0) is 9.68. The van der Waals surface area contributed by atoms with E-state index in [1.807, 2.05) is 13.0 Å². The number of primary amides is 1. The lowest BCUT2D eigenvalue weighted by Gasteiger charge is -2.06. The average molecular weight is 179 g/mol. The van der Waals surface area contributed by atoms with Gasteiger partial charge in [-0.2, -0.15) is 0 Å². The molecule has 1 rings (SSSR count). The Kier molecular flexibility index (Phi) is 3.25. The van der Waals surface area contributed by atoms with E-state index in [0.717, 1.165) is 17.5 Å². The van der Waals surface area contributed by atoms with Crippen LogP contribution < -0.4 is 11.1 Å². The number of urea groups is 1. The molecule has 1 heterocycles. The summed E-state index contributed by atoms with van der Waals surface area (Å²) in [7, 11) is 0. The molecule has 70 valence electrons. The van der Waals surface area contributed by atoms with Gasteiger partial charge < -0.3 is 11.1 Å². The van der Waals surface area contributed by atoms with Gasteiger partial charge in [-0.25, -0.2) is 4.79 Å². The molecule has 0 radical (unpaired) electrons. The fourth-order valence-corrected chi connectivity index (χ4v) is 1.13. The molecule has 1 aromatic rings. The Morgan fingerprint density at radius 3 is 3.00 bits per heavy atom. The van der Waals surface area contributed by atoms with E-state index in [1.54, 1.807) is 12.4 Å². The summed E-state index contributed by atoms with van der Waals surface area (Å²) < 4.78 is 0. The second-order valence-corrected chi connectivity index (χ2v) is 2.72. The van der Waals surface area contributed by atoms with E-state index in [2.05, 4.69) is 10.3 Å². The van der Waals surface area contributed by atoms with Crippen molar-refractivity contribution >= 4 is 6.03 Å². The Bertz CT molecular complexity index is 299. The third-order valence-electron chi connectivity index (χ3n) is 1.84. The van der Waals surface area contributed by atoms with Crippen LogP contribution in [0.15, 0.2) is 18.5 Å². The number of hydrogen-bond acceptors (Lipinski definition) is 2. The van der Waals surface area contributed by atoms with Crippen LogP contribution in [0.2, 0.25) is 0 Å². The number of carbonyl (C=O) groups excluding carboxylic acids is 1. The van der Waals surface area contributed by atoms with E-state index >= 15 is 0 Å². The van der Waals surface area contributed by atoms with Crippen LogP contribution >= 0.6 is 0 Å². The standard InChI is InChI=1S/C9H13N3O/c1-2-7-5-11-4-3-8(7)6-12-9(10)13/h3-5H,2,6H2,1H3,(H3,10,12,13). The lowest BCUT2D eigenvalue weighted by atomic mass is 10.1. The third-order valence-corrected chi connectivity index (χ3v) is 1.84. The molecule has 0 saturated heterocycles. The maximum absolute atomic E-state index is 10.5. The van der Waals surface area contributed by atoms with Crippen molar-refractivity contribution in [3.63, 3.8) is 0 Å². The Balaban J connectivity index is 2.69. The summed E-state index contributed by atoms with van der Waals surface area (Å²) in [5.74, 6) is 0. The van der Waals surface area contributed by atoms with Gasteiger partial charge in [0.25, 0.3) is 0 Å². The fourth-order valence-electron chi connectivity index (χ4n) is 1.13. The van der Waals surface area contributed by atoms with E-state index < -0.39 is 6.03 Å². The lowest BCUT2D eigenvalue weighted by Crippen LogP contribution is -2.29. The van der Waals surface area contributed by atoms with Crippen molar-refractivity contribution in [3.8, 4) is 0 Å². The smallest absolute Gasteiger partial charge is 0.312 e. The summed E-state index contributed by atoms with van der Waals surface area (Å²) in [6.45, 7) is 2.52. The quantitative estimate of drug-likeness (QED) is 0.721. The number of aryl methyl sites for hydroxylation is 1. The summed E-state index contributed by atoms with van der Waals surface area (Å²) in [5, 5.41) is 2.55. The molecule has 0 saturated carbocycles. The summed E-state index contributed by atoms with van der Waals surface area (Å²) in [6, 6.07) is 1.38. The number of carbonyl (C=O) groups is 1. The summed E-state index contributed by atoms with van der Waals surface area (Å²) in [5.41, 5.74) is 7.17. The molecule has 4 heteroatoms. The first-order valence-electron chi connectivity index (χ1n) is 4.19. The Morgan fingerprint density at radius 2 is 2.38 bits per heavy atom. The normalized spacial score (nSPS) is 9.62. The van der Waals surface area contributed by atoms with Gasteiger partial charge in [-0.15, -0.1) is 0 Å². The number of nitrogens with zero attached hydrogens (tertiary/aromatic N) is 1. The van der Waals surface area contributed by atoms with Crippen LogP contribution in [0.3, 0.4) is 0 Å². The Hall–Kier alpha value is -1.58. The van der Waals surface area contributed by atoms with Crippen LogP contribution in [0, 0.1) is 0 Å². The highest BCUT2D eigenvalue weighted by atomic mass is 16.2. The monoisotopic (exact) mass is 179 g/mol. The van der Waals surface area contributed by atoms with E-state index in [9.17, 15) is 4.79 Å². The van der Waals surface area contributed by atoms with Crippen LogP contribution in [-0.4, -0.2) is 11.0 Å². The van der Waals surface area contributed by atoms with Gasteiger partial charge in [0.2, 0.25) is 0 Å². The number of aromatic nitrogens is 1. The van der Waals surface area contributed by atoms with E-state index in [0.29, 0.717) is 6.54 Å². The van der Waals surface area contributed by atoms with Gasteiger partial charge in [0.15, 0.2) is 0 Å². The number of rotatable bonds is 3. The van der Waals surface area contributed by atoms with Gasteiger partial charge in [0.1, 0.15) is 0 Å². The minimum Gasteiger partial charge on any atom is -0.352 e. The van der Waals surface area contributed by atoms with Gasteiger partial charge in [-0.3, -0.25) is 4.98 Å². The number of amides is 2. The van der Waals surface area contributed by atoms with Gasteiger partial charge in [0.05, 0.1) is 0 Å². The number of hydrogen-bond donors (Lipinski definition) is 2. The predicted octanol–water partition coefficient (Wildman–Crippen LogP) is 0.812. The van der Waals surface area contributed by atoms with E-state index in [1.165, 1.54) is 0 Å². The molecule has 0 unspecified atom stereocenters. The molecular weight excluding hydrogens is 166 g/mol. The second-order valence-electron chi connectivity index (χ2n) is 2.72. The van der Waals surface area contributed by atoms with Gasteiger partial charge in [0, 0.05) is 18.9 Å². The molecule has 13 heavy (non-hydrogen) atoms. The molecule has 0 fully saturated rings. The van der Waals surface area contributed by atoms with Crippen molar-refractivity contribution in [1.82, 2.24) is 10.3 Å². The maximum Gasteiger partial charge on any atom is 0.312 e. The Morgan fingerprint density at radius 1 is 1.62 bits per heavy atom. The maximum atomic E-state index is 10.5. The van der Waals surface area contributed by atoms with Crippen LogP contribution in [0.1, 0.15) is 18.1 Å². The van der Waals surface area contributed by atoms with E-state index in [4.69, 9.17) is 5.73 Å². The molecule has 0 atom stereocenters. The zero-order valence-electron chi connectivity index (χ0n) is 7.58. The van der Waals surface area contributed by atoms with Gasteiger partial charge in [-0.1, -0.05) is 6.92 Å². The first kappa shape index (κ1) is 9.51. The molecule has 4 nitrogen and oxygen atoms in total. The summed E-state index contributed by atoms with van der Waals surface area (Å²) in [4.78, 5) is 14.5. The molecule has 0 spiro atoms. The van der Waals surface area contributed by atoms with Crippen molar-refractivity contribution < 1.29 is 4.79 Å². The Labute approximate surface area is 77.2 Å². The molecule has 3 N–H and O–H groups in total. The zero-order valence-corrected chi connectivity index (χ0v) is 7.58. The highest BCUT2D eigenvalue weighted by Gasteiger charge is 2.00. The average Bonchev–Trinajstić information content (AvgIpc) is 2.15. The van der Waals surface area contributed by atoms with Crippen LogP contribution in [0.4, 0.5) is 4.79 Å². The molecule has 2 amide bonds. The first-order valence-corrected chi connectivity index (χ1v) is 4.19. The number of nitrogens with two attached hydrogens (primary N) is 1. The number of pyridine rings is 1. The van der Waals surface area contributed by atoms with E-state index in [-0.39, 0.29) is 0 Å². The van der Waals surface area contributed by atoms with Crippen LogP contribution in [0.25, 0.3) is 0 Å². The largest absolute Gasteiger partial charge is 0.352 e. The minimum atomic E-state index is -0.501. The molecule has 0 bridgehead atoms. The van der Waals surface area contributed by atoms with Crippen molar-refractivity contribution in [2.24, 2.45) is 5.73 Å². The lowest BCUT2D eigenvalue weighted by molar-refractivity contribution is 0.248. The van der Waals surface area contributed by atoms with Gasteiger partial charge >= 0.3 is 6.03 Å². The highest BCUT2D eigenvalue weighted by molar-refractivity contribution is 5.71.